The number of aromatic amines is 1. The Morgan fingerprint density at radius 3 is 2.94 bits per heavy atom. The van der Waals surface area contributed by atoms with Crippen molar-refractivity contribution in [2.75, 3.05) is 5.73 Å². The Balaban J connectivity index is 2.24. The van der Waals surface area contributed by atoms with E-state index < -0.39 is 5.82 Å². The first-order valence-corrected chi connectivity index (χ1v) is 5.58. The molecule has 0 aromatic carbocycles. The fraction of sp³-hybridized carbons (Fsp3) is 0. The summed E-state index contributed by atoms with van der Waals surface area (Å²) in [5.41, 5.74) is 7.51. The number of hydrogen-bond donors (Lipinski definition) is 2. The molecule has 0 fully saturated rings. The van der Waals surface area contributed by atoms with Gasteiger partial charge in [0.25, 0.3) is 0 Å². The summed E-state index contributed by atoms with van der Waals surface area (Å²) in [6.45, 7) is 0. The van der Waals surface area contributed by atoms with E-state index in [9.17, 15) is 4.39 Å². The van der Waals surface area contributed by atoms with Crippen LogP contribution in [0.15, 0.2) is 30.6 Å². The van der Waals surface area contributed by atoms with Gasteiger partial charge < -0.3 is 10.7 Å². The number of nitrogens with one attached hydrogen (secondary N) is 1. The number of aromatic nitrogens is 3. The molecule has 0 spiro atoms. The first-order valence-electron chi connectivity index (χ1n) is 5.20. The van der Waals surface area contributed by atoms with Gasteiger partial charge in [0, 0.05) is 23.3 Å². The Kier molecular flexibility index (Phi) is 2.41. The maximum atomic E-state index is 13.1. The second kappa shape index (κ2) is 3.96. The zero-order valence-electron chi connectivity index (χ0n) is 9.11. The molecule has 3 rings (SSSR count). The molecule has 3 heterocycles. The average Bonchev–Trinajstić information content (AvgIpc) is 2.75. The van der Waals surface area contributed by atoms with Gasteiger partial charge in [-0.3, -0.25) is 0 Å². The summed E-state index contributed by atoms with van der Waals surface area (Å²) in [7, 11) is 0. The molecule has 6 heteroatoms. The van der Waals surface area contributed by atoms with Gasteiger partial charge in [0.05, 0.1) is 10.7 Å². The lowest BCUT2D eigenvalue weighted by molar-refractivity contribution is 0.627. The van der Waals surface area contributed by atoms with Gasteiger partial charge in [-0.2, -0.15) is 0 Å². The molecule has 18 heavy (non-hydrogen) atoms. The largest absolute Gasteiger partial charge is 0.381 e. The predicted molar refractivity (Wildman–Crippen MR) is 68.7 cm³/mol. The van der Waals surface area contributed by atoms with Crippen LogP contribution in [-0.2, 0) is 0 Å². The van der Waals surface area contributed by atoms with E-state index in [1.807, 2.05) is 0 Å². The highest BCUT2D eigenvalue weighted by atomic mass is 35.5. The van der Waals surface area contributed by atoms with Crippen LogP contribution >= 0.6 is 11.6 Å². The van der Waals surface area contributed by atoms with Crippen molar-refractivity contribution in [3.8, 4) is 11.3 Å². The molecule has 0 saturated heterocycles. The minimum absolute atomic E-state index is 0.128. The van der Waals surface area contributed by atoms with Crippen LogP contribution in [0.3, 0.4) is 0 Å². The number of rotatable bonds is 1. The maximum Gasteiger partial charge on any atom is 0.165 e. The highest BCUT2D eigenvalue weighted by molar-refractivity contribution is 6.31. The Morgan fingerprint density at radius 2 is 2.17 bits per heavy atom. The predicted octanol–water partition coefficient (Wildman–Crippen LogP) is 3.00. The molecular formula is C12H8ClFN4. The monoisotopic (exact) mass is 262 g/mol. The number of nitrogens with two attached hydrogens (primary N) is 1. The first kappa shape index (κ1) is 11.0. The van der Waals surface area contributed by atoms with Crippen LogP contribution in [0.1, 0.15) is 0 Å². The van der Waals surface area contributed by atoms with Gasteiger partial charge in [-0.15, -0.1) is 0 Å². The second-order valence-electron chi connectivity index (χ2n) is 3.82. The first-order chi connectivity index (χ1) is 8.65. The van der Waals surface area contributed by atoms with Gasteiger partial charge in [0.1, 0.15) is 5.65 Å². The van der Waals surface area contributed by atoms with Crippen molar-refractivity contribution in [3.63, 3.8) is 0 Å². The molecule has 0 atom stereocenters. The summed E-state index contributed by atoms with van der Waals surface area (Å²) >= 11 is 5.91. The van der Waals surface area contributed by atoms with E-state index in [4.69, 9.17) is 17.3 Å². The number of pyridine rings is 2. The third-order valence-corrected chi connectivity index (χ3v) is 2.85. The van der Waals surface area contributed by atoms with Gasteiger partial charge in [-0.25, -0.2) is 14.4 Å². The SMILES string of the molecule is Nc1nc(-c2c[nH]c3ncc(Cl)cc23)ccc1F. The minimum Gasteiger partial charge on any atom is -0.381 e. The number of halogens is 2. The Bertz CT molecular complexity index is 738. The van der Waals surface area contributed by atoms with Crippen molar-refractivity contribution in [2.45, 2.75) is 0 Å². The summed E-state index contributed by atoms with van der Waals surface area (Å²) in [6.07, 6.45) is 3.30. The number of hydrogen-bond acceptors (Lipinski definition) is 3. The van der Waals surface area contributed by atoms with E-state index >= 15 is 0 Å². The summed E-state index contributed by atoms with van der Waals surface area (Å²) in [6, 6.07) is 4.63. The summed E-state index contributed by atoms with van der Waals surface area (Å²) in [5, 5.41) is 1.35. The van der Waals surface area contributed by atoms with E-state index in [1.165, 1.54) is 6.07 Å². The molecule has 0 radical (unpaired) electrons. The van der Waals surface area contributed by atoms with Crippen molar-refractivity contribution < 1.29 is 4.39 Å². The fourth-order valence-electron chi connectivity index (χ4n) is 1.80. The van der Waals surface area contributed by atoms with Crippen molar-refractivity contribution in [2.24, 2.45) is 0 Å². The molecule has 3 aromatic rings. The van der Waals surface area contributed by atoms with Crippen LogP contribution in [0.5, 0.6) is 0 Å². The Labute approximate surface area is 107 Å². The van der Waals surface area contributed by atoms with Crippen molar-refractivity contribution >= 4 is 28.5 Å². The molecule has 0 aliphatic carbocycles. The molecule has 90 valence electrons. The summed E-state index contributed by atoms with van der Waals surface area (Å²) in [4.78, 5) is 11.2. The molecule has 0 aliphatic rings. The standard InChI is InChI=1S/C12H8ClFN4/c13-6-3-7-8(5-17-12(7)16-4-6)10-2-1-9(14)11(15)18-10/h1-5H,(H2,15,18)(H,16,17). The van der Waals surface area contributed by atoms with Crippen LogP contribution in [0.4, 0.5) is 10.2 Å². The van der Waals surface area contributed by atoms with E-state index in [-0.39, 0.29) is 5.82 Å². The van der Waals surface area contributed by atoms with E-state index in [0.29, 0.717) is 16.4 Å². The molecular weight excluding hydrogens is 255 g/mol. The Morgan fingerprint density at radius 1 is 1.33 bits per heavy atom. The van der Waals surface area contributed by atoms with Crippen LogP contribution in [0.25, 0.3) is 22.3 Å². The van der Waals surface area contributed by atoms with E-state index in [1.54, 1.807) is 24.5 Å². The third-order valence-electron chi connectivity index (χ3n) is 2.65. The molecule has 4 nitrogen and oxygen atoms in total. The molecule has 3 aromatic heterocycles. The quantitative estimate of drug-likeness (QED) is 0.708. The van der Waals surface area contributed by atoms with E-state index in [0.717, 1.165) is 10.9 Å². The fourth-order valence-corrected chi connectivity index (χ4v) is 1.96. The minimum atomic E-state index is -0.533. The third kappa shape index (κ3) is 1.69. The zero-order valence-corrected chi connectivity index (χ0v) is 9.87. The van der Waals surface area contributed by atoms with Gasteiger partial charge in [0.2, 0.25) is 0 Å². The lowest BCUT2D eigenvalue weighted by atomic mass is 10.1. The van der Waals surface area contributed by atoms with Crippen molar-refractivity contribution in [1.29, 1.82) is 0 Å². The van der Waals surface area contributed by atoms with Crippen LogP contribution < -0.4 is 5.73 Å². The number of fused-ring (bicyclic) bond motifs is 1. The molecule has 0 unspecified atom stereocenters. The number of H-pyrrole nitrogens is 1. The topological polar surface area (TPSA) is 67.6 Å². The zero-order chi connectivity index (χ0) is 12.7. The molecule has 0 bridgehead atoms. The number of nitrogens with zero attached hydrogens (tertiary/aromatic N) is 2. The molecule has 0 aliphatic heterocycles. The average molecular weight is 263 g/mol. The summed E-state index contributed by atoms with van der Waals surface area (Å²) in [5.74, 6) is -0.661. The van der Waals surface area contributed by atoms with Gasteiger partial charge in [0.15, 0.2) is 11.6 Å². The van der Waals surface area contributed by atoms with Crippen molar-refractivity contribution in [3.05, 3.63) is 41.4 Å². The number of anilines is 1. The number of nitrogen functional groups attached to an aromatic ring is 1. The van der Waals surface area contributed by atoms with Gasteiger partial charge >= 0.3 is 0 Å². The molecule has 0 saturated carbocycles. The highest BCUT2D eigenvalue weighted by Gasteiger charge is 2.10. The van der Waals surface area contributed by atoms with Crippen LogP contribution in [0.2, 0.25) is 5.02 Å². The highest BCUT2D eigenvalue weighted by Crippen LogP contribution is 2.28. The van der Waals surface area contributed by atoms with Crippen LogP contribution in [-0.4, -0.2) is 15.0 Å². The second-order valence-corrected chi connectivity index (χ2v) is 4.25. The Hall–Kier alpha value is -2.14. The van der Waals surface area contributed by atoms with Crippen LogP contribution in [0, 0.1) is 5.82 Å². The maximum absolute atomic E-state index is 13.1. The van der Waals surface area contributed by atoms with Crippen molar-refractivity contribution in [1.82, 2.24) is 15.0 Å². The molecule has 3 N–H and O–H groups in total. The van der Waals surface area contributed by atoms with E-state index in [2.05, 4.69) is 15.0 Å². The van der Waals surface area contributed by atoms with Gasteiger partial charge in [-0.1, -0.05) is 11.6 Å². The lowest BCUT2D eigenvalue weighted by Gasteiger charge is -2.01. The summed E-state index contributed by atoms with van der Waals surface area (Å²) < 4.78 is 13.1. The lowest BCUT2D eigenvalue weighted by Crippen LogP contribution is -1.95. The smallest absolute Gasteiger partial charge is 0.165 e. The van der Waals surface area contributed by atoms with Gasteiger partial charge in [-0.05, 0) is 18.2 Å². The molecule has 0 amide bonds. The normalized spacial score (nSPS) is 11.0.